The van der Waals surface area contributed by atoms with Crippen LogP contribution >= 0.6 is 34.0 Å². The maximum Gasteiger partial charge on any atom is 0.0358 e. The van der Waals surface area contributed by atoms with E-state index in [1.165, 1.54) is 103 Å². The molecule has 1 aliphatic carbocycles. The number of hydrogen-bond donors (Lipinski definition) is 0. The molecule has 7 aromatic carbocycles. The summed E-state index contributed by atoms with van der Waals surface area (Å²) in [5.74, 6) is 0.570. The zero-order valence-corrected chi connectivity index (χ0v) is 30.9. The minimum Gasteiger partial charge on any atom is -0.152 e. The molecule has 10 aromatic rings. The summed E-state index contributed by atoms with van der Waals surface area (Å²) < 4.78 is 1.35. The minimum atomic E-state index is 0.228. The molecule has 1 aliphatic rings. The van der Waals surface area contributed by atoms with Gasteiger partial charge in [0.1, 0.15) is 0 Å². The molecule has 0 saturated carbocycles. The average molecular weight is 717 g/mol. The van der Waals surface area contributed by atoms with Crippen molar-refractivity contribution >= 4 is 93.3 Å². The molecule has 0 bridgehead atoms. The second kappa shape index (κ2) is 11.9. The zero-order chi connectivity index (χ0) is 34.3. The lowest BCUT2D eigenvalue weighted by Gasteiger charge is -2.29. The first-order valence-electron chi connectivity index (χ1n) is 17.9. The lowest BCUT2D eigenvalue weighted by atomic mass is 9.75. The van der Waals surface area contributed by atoms with Crippen molar-refractivity contribution in [1.29, 1.82) is 0 Å². The van der Waals surface area contributed by atoms with Crippen LogP contribution in [-0.2, 0) is 0 Å². The summed E-state index contributed by atoms with van der Waals surface area (Å²) >= 11 is 5.53. The van der Waals surface area contributed by atoms with E-state index in [9.17, 15) is 0 Å². The predicted molar refractivity (Wildman–Crippen MR) is 230 cm³/mol. The lowest BCUT2D eigenvalue weighted by Crippen LogP contribution is -2.13. The molecule has 3 heterocycles. The highest BCUT2D eigenvalue weighted by Crippen LogP contribution is 2.54. The number of benzene rings is 7. The molecular formula is C49H32S3. The van der Waals surface area contributed by atoms with Crippen LogP contribution in [0.2, 0.25) is 0 Å². The fourth-order valence-electron chi connectivity index (χ4n) is 9.14. The molecule has 0 N–H and O–H groups in total. The van der Waals surface area contributed by atoms with Crippen molar-refractivity contribution in [1.82, 2.24) is 0 Å². The van der Waals surface area contributed by atoms with Gasteiger partial charge in [0.25, 0.3) is 0 Å². The van der Waals surface area contributed by atoms with Crippen LogP contribution in [0.5, 0.6) is 0 Å². The van der Waals surface area contributed by atoms with Crippen molar-refractivity contribution in [3.63, 3.8) is 0 Å². The van der Waals surface area contributed by atoms with Gasteiger partial charge in [-0.15, -0.1) is 11.3 Å². The Morgan fingerprint density at radius 3 is 1.46 bits per heavy atom. The Bertz CT molecular complexity index is 2910. The zero-order valence-electron chi connectivity index (χ0n) is 28.5. The summed E-state index contributed by atoms with van der Waals surface area (Å²) in [5.41, 5.74) is 10.7. The van der Waals surface area contributed by atoms with E-state index in [4.69, 9.17) is 0 Å². The predicted octanol–water partition coefficient (Wildman–Crippen LogP) is 15.4. The van der Waals surface area contributed by atoms with Gasteiger partial charge in [-0.3, -0.25) is 0 Å². The second-order valence-electron chi connectivity index (χ2n) is 14.0. The summed E-state index contributed by atoms with van der Waals surface area (Å²) in [6.45, 7) is 2.41. The number of rotatable bonds is 4. The van der Waals surface area contributed by atoms with Gasteiger partial charge in [0.05, 0.1) is 0 Å². The summed E-state index contributed by atoms with van der Waals surface area (Å²) in [6.07, 6.45) is 4.91. The van der Waals surface area contributed by atoms with Gasteiger partial charge in [-0.1, -0.05) is 128 Å². The Balaban J connectivity index is 1.22. The molecule has 0 saturated heterocycles. The number of fused-ring (bicyclic) bond motifs is 7. The molecule has 0 radical (unpaired) electrons. The van der Waals surface area contributed by atoms with E-state index in [0.29, 0.717) is 5.92 Å². The fourth-order valence-corrected chi connectivity index (χ4v) is 11.9. The third-order valence-electron chi connectivity index (χ3n) is 11.3. The van der Waals surface area contributed by atoms with Crippen LogP contribution in [0, 0.1) is 5.92 Å². The van der Waals surface area contributed by atoms with Crippen molar-refractivity contribution in [3.8, 4) is 33.4 Å². The van der Waals surface area contributed by atoms with E-state index >= 15 is 0 Å². The smallest absolute Gasteiger partial charge is 0.0358 e. The molecule has 2 atom stereocenters. The largest absolute Gasteiger partial charge is 0.152 e. The van der Waals surface area contributed by atoms with Crippen molar-refractivity contribution in [2.75, 3.05) is 0 Å². The molecule has 0 fully saturated rings. The van der Waals surface area contributed by atoms with E-state index in [1.54, 1.807) is 22.7 Å². The molecule has 0 spiro atoms. The van der Waals surface area contributed by atoms with Gasteiger partial charge in [-0.2, -0.15) is 22.7 Å². The fraction of sp³-hybridized carbons (Fsp3) is 0.0612. The highest BCUT2D eigenvalue weighted by atomic mass is 32.1. The highest BCUT2D eigenvalue weighted by Gasteiger charge is 2.33. The van der Waals surface area contributed by atoms with Gasteiger partial charge in [0.2, 0.25) is 0 Å². The number of hydrogen-bond acceptors (Lipinski definition) is 3. The molecule has 3 heteroatoms. The molecule has 246 valence electrons. The average Bonchev–Trinajstić information content (AvgIpc) is 3.99. The van der Waals surface area contributed by atoms with Crippen molar-refractivity contribution < 1.29 is 0 Å². The molecule has 3 aromatic heterocycles. The van der Waals surface area contributed by atoms with Crippen LogP contribution in [0.3, 0.4) is 0 Å². The Labute approximate surface area is 314 Å². The second-order valence-corrected chi connectivity index (χ2v) is 16.6. The summed E-state index contributed by atoms with van der Waals surface area (Å²) in [4.78, 5) is 1.47. The summed E-state index contributed by atoms with van der Waals surface area (Å²) in [6, 6.07) is 47.9. The maximum atomic E-state index is 2.47. The first-order valence-corrected chi connectivity index (χ1v) is 20.6. The van der Waals surface area contributed by atoms with Crippen molar-refractivity contribution in [2.24, 2.45) is 5.92 Å². The monoisotopic (exact) mass is 716 g/mol. The van der Waals surface area contributed by atoms with Crippen LogP contribution < -0.4 is 0 Å². The van der Waals surface area contributed by atoms with Gasteiger partial charge in [0, 0.05) is 20.9 Å². The number of allylic oxidation sites excluding steroid dienone is 1. The lowest BCUT2D eigenvalue weighted by molar-refractivity contribution is 0.636. The molecule has 0 aliphatic heterocycles. The van der Waals surface area contributed by atoms with E-state index in [1.807, 2.05) is 11.3 Å². The molecule has 52 heavy (non-hydrogen) atoms. The quantitative estimate of drug-likeness (QED) is 0.159. The Hall–Kier alpha value is -5.32. The van der Waals surface area contributed by atoms with E-state index in [-0.39, 0.29) is 5.92 Å². The Morgan fingerprint density at radius 1 is 0.481 bits per heavy atom. The standard InChI is InChI=1S/C49H32S3/c1-29-21-22-41-47-40(46-36-15-6-2-11-32(36)44(30-23-25-50-27-30)33-12-3-7-16-37(33)46)19-10-20-42(47)52-49(41)43(29)48-38-17-8-4-13-34(38)45(31-24-26-51-28-31)35-14-5-9-18-39(35)48/h2-29,43H,1H3. The normalized spacial score (nSPS) is 15.7. The van der Waals surface area contributed by atoms with Crippen LogP contribution in [0.4, 0.5) is 0 Å². The van der Waals surface area contributed by atoms with Crippen LogP contribution in [0.1, 0.15) is 28.8 Å². The van der Waals surface area contributed by atoms with E-state index in [0.717, 1.165) is 0 Å². The highest BCUT2D eigenvalue weighted by molar-refractivity contribution is 7.19. The third-order valence-corrected chi connectivity index (χ3v) is 13.9. The van der Waals surface area contributed by atoms with E-state index in [2.05, 4.69) is 168 Å². The molecule has 0 nitrogen and oxygen atoms in total. The summed E-state index contributed by atoms with van der Waals surface area (Å²) in [7, 11) is 0. The topological polar surface area (TPSA) is 0 Å². The van der Waals surface area contributed by atoms with E-state index < -0.39 is 0 Å². The van der Waals surface area contributed by atoms with Crippen molar-refractivity contribution in [3.05, 3.63) is 171 Å². The first kappa shape index (κ1) is 30.3. The maximum absolute atomic E-state index is 2.47. The first-order chi connectivity index (χ1) is 25.8. The van der Waals surface area contributed by atoms with Gasteiger partial charge < -0.3 is 0 Å². The Kier molecular flexibility index (Phi) is 6.92. The van der Waals surface area contributed by atoms with Crippen LogP contribution in [0.25, 0.3) is 92.6 Å². The van der Waals surface area contributed by atoms with Gasteiger partial charge in [-0.25, -0.2) is 0 Å². The number of thiophene rings is 3. The molecular weight excluding hydrogens is 685 g/mol. The molecule has 2 unspecified atom stereocenters. The van der Waals surface area contributed by atoms with Crippen LogP contribution in [0.15, 0.2) is 155 Å². The van der Waals surface area contributed by atoms with Crippen LogP contribution in [-0.4, -0.2) is 0 Å². The Morgan fingerprint density at radius 2 is 0.962 bits per heavy atom. The van der Waals surface area contributed by atoms with Gasteiger partial charge in [0.15, 0.2) is 0 Å². The van der Waals surface area contributed by atoms with Crippen molar-refractivity contribution in [2.45, 2.75) is 12.8 Å². The summed E-state index contributed by atoms with van der Waals surface area (Å²) in [5, 5.41) is 21.0. The van der Waals surface area contributed by atoms with Gasteiger partial charge in [-0.05, 0) is 133 Å². The molecule has 0 amide bonds. The van der Waals surface area contributed by atoms with Gasteiger partial charge >= 0.3 is 0 Å². The SMILES string of the molecule is CC1C=Cc2c(sc3cccc(-c4c5ccccc5c(-c5ccsc5)c5ccccc45)c23)C1c1c2ccccc2c(-c2ccsc2)c2ccccc12. The third kappa shape index (κ3) is 4.37. The minimum absolute atomic E-state index is 0.228. The molecule has 11 rings (SSSR count).